The molecule has 0 spiro atoms. The lowest BCUT2D eigenvalue weighted by Crippen LogP contribution is -2.48. The van der Waals surface area contributed by atoms with Gasteiger partial charge in [-0.1, -0.05) is 18.6 Å². The second-order valence-electron chi connectivity index (χ2n) is 5.85. The van der Waals surface area contributed by atoms with E-state index in [2.05, 4.69) is 17.0 Å². The van der Waals surface area contributed by atoms with Gasteiger partial charge in [0.2, 0.25) is 0 Å². The molecule has 19 heavy (non-hydrogen) atoms. The molecule has 0 amide bonds. The number of nitrogens with two attached hydrogens (primary N) is 1. The molecule has 0 aromatic heterocycles. The van der Waals surface area contributed by atoms with Crippen molar-refractivity contribution in [3.05, 3.63) is 24.3 Å². The maximum Gasteiger partial charge on any atom is 0.0452 e. The van der Waals surface area contributed by atoms with E-state index >= 15 is 0 Å². The molecule has 2 aliphatic rings. The Kier molecular flexibility index (Phi) is 4.34. The van der Waals surface area contributed by atoms with Crippen LogP contribution in [-0.2, 0) is 0 Å². The molecule has 104 valence electrons. The third-order valence-electron chi connectivity index (χ3n) is 4.60. The van der Waals surface area contributed by atoms with Crippen LogP contribution >= 0.6 is 11.8 Å². The molecular weight excluding hydrogens is 252 g/mol. The molecule has 2 heterocycles. The number of nitrogens with zero attached hydrogens (tertiary/aromatic N) is 1. The SMILES string of the molecule is Nc1ccccc1SC[C@H]1CCCN2CCCC[C@@H]12. The molecule has 2 nitrogen and oxygen atoms in total. The number of rotatable bonds is 3. The zero-order chi connectivity index (χ0) is 13.1. The number of fused-ring (bicyclic) bond motifs is 1. The summed E-state index contributed by atoms with van der Waals surface area (Å²) in [5.74, 6) is 2.09. The number of anilines is 1. The molecule has 0 radical (unpaired) electrons. The van der Waals surface area contributed by atoms with E-state index in [1.165, 1.54) is 55.8 Å². The first kappa shape index (κ1) is 13.3. The van der Waals surface area contributed by atoms with Crippen molar-refractivity contribution in [3.8, 4) is 0 Å². The Morgan fingerprint density at radius 2 is 1.95 bits per heavy atom. The van der Waals surface area contributed by atoms with Gasteiger partial charge in [-0.25, -0.2) is 0 Å². The van der Waals surface area contributed by atoms with E-state index in [0.29, 0.717) is 0 Å². The molecule has 3 rings (SSSR count). The number of benzene rings is 1. The molecule has 2 N–H and O–H groups in total. The predicted molar refractivity (Wildman–Crippen MR) is 83.5 cm³/mol. The van der Waals surface area contributed by atoms with Gasteiger partial charge in [0.05, 0.1) is 0 Å². The van der Waals surface area contributed by atoms with Crippen LogP contribution in [0.4, 0.5) is 5.69 Å². The predicted octanol–water partition coefficient (Wildman–Crippen LogP) is 3.63. The molecule has 0 aliphatic carbocycles. The second-order valence-corrected chi connectivity index (χ2v) is 6.91. The van der Waals surface area contributed by atoms with E-state index in [1.807, 2.05) is 23.9 Å². The van der Waals surface area contributed by atoms with Gasteiger partial charge < -0.3 is 10.6 Å². The van der Waals surface area contributed by atoms with Gasteiger partial charge in [-0.05, 0) is 56.8 Å². The fourth-order valence-electron chi connectivity index (χ4n) is 3.58. The van der Waals surface area contributed by atoms with Crippen LogP contribution < -0.4 is 5.73 Å². The van der Waals surface area contributed by atoms with Crippen molar-refractivity contribution in [2.45, 2.75) is 43.0 Å². The Hall–Kier alpha value is -0.670. The number of para-hydroxylation sites is 1. The zero-order valence-corrected chi connectivity index (χ0v) is 12.4. The van der Waals surface area contributed by atoms with Crippen molar-refractivity contribution in [1.82, 2.24) is 4.90 Å². The minimum Gasteiger partial charge on any atom is -0.398 e. The Balaban J connectivity index is 1.61. The Labute approximate surface area is 120 Å². The van der Waals surface area contributed by atoms with Crippen LogP contribution in [0.3, 0.4) is 0 Å². The number of piperidine rings is 2. The summed E-state index contributed by atoms with van der Waals surface area (Å²) < 4.78 is 0. The highest BCUT2D eigenvalue weighted by Crippen LogP contribution is 2.35. The third kappa shape index (κ3) is 3.09. The van der Waals surface area contributed by atoms with Crippen LogP contribution in [-0.4, -0.2) is 29.8 Å². The Bertz CT molecular complexity index is 419. The van der Waals surface area contributed by atoms with Crippen molar-refractivity contribution in [2.24, 2.45) is 5.92 Å². The molecule has 2 fully saturated rings. The van der Waals surface area contributed by atoms with Crippen molar-refractivity contribution in [1.29, 1.82) is 0 Å². The molecule has 2 atom stereocenters. The first-order valence-electron chi connectivity index (χ1n) is 7.56. The third-order valence-corrected chi connectivity index (χ3v) is 5.88. The highest BCUT2D eigenvalue weighted by molar-refractivity contribution is 7.99. The fraction of sp³-hybridized carbons (Fsp3) is 0.625. The average molecular weight is 276 g/mol. The molecule has 1 aromatic carbocycles. The fourth-order valence-corrected chi connectivity index (χ4v) is 4.77. The van der Waals surface area contributed by atoms with Gasteiger partial charge in [-0.3, -0.25) is 0 Å². The van der Waals surface area contributed by atoms with Crippen molar-refractivity contribution < 1.29 is 0 Å². The van der Waals surface area contributed by atoms with E-state index in [1.54, 1.807) is 0 Å². The topological polar surface area (TPSA) is 29.3 Å². The summed E-state index contributed by atoms with van der Waals surface area (Å²) in [4.78, 5) is 4.00. The van der Waals surface area contributed by atoms with Gasteiger partial charge in [0, 0.05) is 22.4 Å². The van der Waals surface area contributed by atoms with Crippen LogP contribution in [0, 0.1) is 5.92 Å². The highest BCUT2D eigenvalue weighted by atomic mass is 32.2. The quantitative estimate of drug-likeness (QED) is 0.675. The van der Waals surface area contributed by atoms with Gasteiger partial charge in [0.15, 0.2) is 0 Å². The van der Waals surface area contributed by atoms with E-state index < -0.39 is 0 Å². The molecule has 0 saturated carbocycles. The lowest BCUT2D eigenvalue weighted by Gasteiger charge is -2.44. The van der Waals surface area contributed by atoms with Crippen LogP contribution in [0.5, 0.6) is 0 Å². The minimum absolute atomic E-state index is 0.847. The monoisotopic (exact) mass is 276 g/mol. The van der Waals surface area contributed by atoms with E-state index in [0.717, 1.165) is 17.6 Å². The largest absolute Gasteiger partial charge is 0.398 e. The normalized spacial score (nSPS) is 28.0. The van der Waals surface area contributed by atoms with E-state index in [4.69, 9.17) is 5.73 Å². The Morgan fingerprint density at radius 1 is 1.11 bits per heavy atom. The molecule has 3 heteroatoms. The molecule has 1 aromatic rings. The average Bonchev–Trinajstić information content (AvgIpc) is 2.46. The standard InChI is InChI=1S/C16H24N2S/c17-14-7-1-2-9-16(14)19-12-13-6-5-11-18-10-4-3-8-15(13)18/h1-2,7,9,13,15H,3-6,8,10-12,17H2/t13-,15+/m1/s1. The van der Waals surface area contributed by atoms with Crippen molar-refractivity contribution in [3.63, 3.8) is 0 Å². The van der Waals surface area contributed by atoms with Crippen LogP contribution in [0.2, 0.25) is 0 Å². The first-order chi connectivity index (χ1) is 9.34. The molecule has 0 bridgehead atoms. The van der Waals surface area contributed by atoms with Gasteiger partial charge in [-0.2, -0.15) is 0 Å². The van der Waals surface area contributed by atoms with Gasteiger partial charge in [0.1, 0.15) is 0 Å². The summed E-state index contributed by atoms with van der Waals surface area (Å²) in [7, 11) is 0. The van der Waals surface area contributed by atoms with Crippen LogP contribution in [0.15, 0.2) is 29.2 Å². The van der Waals surface area contributed by atoms with Gasteiger partial charge in [0.25, 0.3) is 0 Å². The summed E-state index contributed by atoms with van der Waals surface area (Å²) >= 11 is 1.96. The molecule has 2 saturated heterocycles. The lowest BCUT2D eigenvalue weighted by molar-refractivity contribution is 0.0693. The highest BCUT2D eigenvalue weighted by Gasteiger charge is 2.32. The number of hydrogen-bond donors (Lipinski definition) is 1. The van der Waals surface area contributed by atoms with Crippen molar-refractivity contribution in [2.75, 3.05) is 24.6 Å². The lowest BCUT2D eigenvalue weighted by atomic mass is 9.85. The summed E-state index contributed by atoms with van der Waals surface area (Å²) in [6.07, 6.45) is 7.03. The van der Waals surface area contributed by atoms with Gasteiger partial charge in [-0.15, -0.1) is 11.8 Å². The number of hydrogen-bond acceptors (Lipinski definition) is 3. The number of thioether (sulfide) groups is 1. The maximum atomic E-state index is 6.04. The summed E-state index contributed by atoms with van der Waals surface area (Å²) in [6.45, 7) is 2.67. The van der Waals surface area contributed by atoms with Crippen LogP contribution in [0.25, 0.3) is 0 Å². The van der Waals surface area contributed by atoms with Crippen molar-refractivity contribution >= 4 is 17.4 Å². The zero-order valence-electron chi connectivity index (χ0n) is 11.6. The maximum absolute atomic E-state index is 6.04. The molecular formula is C16H24N2S. The summed E-state index contributed by atoms with van der Waals surface area (Å²) in [5.41, 5.74) is 6.97. The first-order valence-corrected chi connectivity index (χ1v) is 8.54. The number of nitrogen functional groups attached to an aromatic ring is 1. The molecule has 0 unspecified atom stereocenters. The smallest absolute Gasteiger partial charge is 0.0452 e. The van der Waals surface area contributed by atoms with E-state index in [9.17, 15) is 0 Å². The summed E-state index contributed by atoms with van der Waals surface area (Å²) in [6, 6.07) is 9.12. The molecule has 2 aliphatic heterocycles. The van der Waals surface area contributed by atoms with Gasteiger partial charge >= 0.3 is 0 Å². The van der Waals surface area contributed by atoms with E-state index in [-0.39, 0.29) is 0 Å². The van der Waals surface area contributed by atoms with Crippen LogP contribution in [0.1, 0.15) is 32.1 Å². The second kappa shape index (κ2) is 6.19. The Morgan fingerprint density at radius 3 is 2.84 bits per heavy atom. The summed E-state index contributed by atoms with van der Waals surface area (Å²) in [5, 5.41) is 0. The minimum atomic E-state index is 0.847.